The summed E-state index contributed by atoms with van der Waals surface area (Å²) < 4.78 is 14.2. The molecule has 5 aromatic rings. The van der Waals surface area contributed by atoms with Gasteiger partial charge in [-0.15, -0.1) is 11.3 Å². The number of furan rings is 1. The fourth-order valence-corrected chi connectivity index (χ4v) is 4.87. The van der Waals surface area contributed by atoms with E-state index in [2.05, 4.69) is 5.32 Å². The molecule has 1 N–H and O–H groups in total. The molecule has 5 rings (SSSR count). The first-order valence-corrected chi connectivity index (χ1v) is 11.5. The van der Waals surface area contributed by atoms with Crippen LogP contribution in [0.1, 0.15) is 46.5 Å². The lowest BCUT2D eigenvalue weighted by atomic mass is 10.1. The molecule has 0 bridgehead atoms. The fraction of sp³-hybridized carbons (Fsp3) is 0.154. The maximum absolute atomic E-state index is 13.4. The van der Waals surface area contributed by atoms with Gasteiger partial charge in [0.05, 0.1) is 23.0 Å². The van der Waals surface area contributed by atoms with Crippen molar-refractivity contribution >= 4 is 49.9 Å². The molecule has 3 aromatic heterocycles. The molecule has 0 aliphatic heterocycles. The number of nitrogens with one attached hydrogen (secondary N) is 1. The second-order valence-corrected chi connectivity index (χ2v) is 8.93. The number of aromatic nitrogens is 1. The molecule has 0 saturated carbocycles. The zero-order valence-electron chi connectivity index (χ0n) is 18.4. The van der Waals surface area contributed by atoms with E-state index in [9.17, 15) is 9.59 Å². The largest absolute Gasteiger partial charge is 0.497 e. The third-order valence-electron chi connectivity index (χ3n) is 5.60. The van der Waals surface area contributed by atoms with E-state index in [1.54, 1.807) is 48.8 Å². The highest BCUT2D eigenvalue weighted by molar-refractivity contribution is 7.17. The lowest BCUT2D eigenvalue weighted by molar-refractivity contribution is 0.101. The van der Waals surface area contributed by atoms with E-state index in [4.69, 9.17) is 9.15 Å². The lowest BCUT2D eigenvalue weighted by Crippen LogP contribution is -2.19. The predicted molar refractivity (Wildman–Crippen MR) is 131 cm³/mol. The minimum atomic E-state index is -0.315. The van der Waals surface area contributed by atoms with Crippen molar-refractivity contribution in [3.63, 3.8) is 0 Å². The van der Waals surface area contributed by atoms with Crippen molar-refractivity contribution in [1.29, 1.82) is 0 Å². The zero-order valence-corrected chi connectivity index (χ0v) is 19.2. The number of methoxy groups -OCH3 is 1. The Bertz CT molecular complexity index is 1490. The highest BCUT2D eigenvalue weighted by Gasteiger charge is 2.26. The van der Waals surface area contributed by atoms with Gasteiger partial charge in [0.1, 0.15) is 17.0 Å². The van der Waals surface area contributed by atoms with Crippen LogP contribution in [-0.2, 0) is 0 Å². The number of ketones is 1. The molecule has 0 radical (unpaired) electrons. The van der Waals surface area contributed by atoms with Gasteiger partial charge in [0.2, 0.25) is 5.78 Å². The fourth-order valence-electron chi connectivity index (χ4n) is 4.06. The van der Waals surface area contributed by atoms with E-state index in [1.165, 1.54) is 0 Å². The van der Waals surface area contributed by atoms with Crippen LogP contribution in [0.2, 0.25) is 0 Å². The normalized spacial score (nSPS) is 11.4. The number of carbonyl (C=O) groups is 2. The first-order valence-electron chi connectivity index (χ1n) is 10.6. The SMILES string of the molecule is COc1ccc(C(=O)c2oc3ccccc3c2NC(=O)c2cc3sccc3n2C(C)C)cc1. The van der Waals surface area contributed by atoms with Crippen LogP contribution in [0.15, 0.2) is 70.5 Å². The van der Waals surface area contributed by atoms with Crippen molar-refractivity contribution in [1.82, 2.24) is 4.57 Å². The molecule has 0 unspecified atom stereocenters. The Hall–Kier alpha value is -3.84. The van der Waals surface area contributed by atoms with Gasteiger partial charge in [-0.1, -0.05) is 12.1 Å². The average molecular weight is 459 g/mol. The molecule has 0 aliphatic carbocycles. The van der Waals surface area contributed by atoms with Gasteiger partial charge in [-0.3, -0.25) is 9.59 Å². The highest BCUT2D eigenvalue weighted by atomic mass is 32.1. The number of amides is 1. The standard InChI is InChI=1S/C26H22N2O4S/c1-15(2)28-19-12-13-33-22(19)14-20(28)26(30)27-23-18-6-4-5-7-21(18)32-25(23)24(29)16-8-10-17(31-3)11-9-16/h4-15H,1-3H3,(H,27,30). The van der Waals surface area contributed by atoms with Crippen molar-refractivity contribution < 1.29 is 18.7 Å². The summed E-state index contributed by atoms with van der Waals surface area (Å²) >= 11 is 1.59. The molecule has 3 heterocycles. The quantitative estimate of drug-likeness (QED) is 0.294. The summed E-state index contributed by atoms with van der Waals surface area (Å²) in [5, 5.41) is 5.66. The van der Waals surface area contributed by atoms with Gasteiger partial charge in [-0.05, 0) is 67.8 Å². The molecule has 7 heteroatoms. The van der Waals surface area contributed by atoms with Crippen LogP contribution in [0.4, 0.5) is 5.69 Å². The maximum atomic E-state index is 13.4. The molecule has 33 heavy (non-hydrogen) atoms. The van der Waals surface area contributed by atoms with Gasteiger partial charge in [-0.25, -0.2) is 0 Å². The number of nitrogens with zero attached hydrogens (tertiary/aromatic N) is 1. The van der Waals surface area contributed by atoms with Crippen LogP contribution < -0.4 is 10.1 Å². The number of anilines is 1. The van der Waals surface area contributed by atoms with Crippen molar-refractivity contribution in [3.8, 4) is 5.75 Å². The summed E-state index contributed by atoms with van der Waals surface area (Å²) in [5.74, 6) is 0.144. The first-order chi connectivity index (χ1) is 16.0. The first kappa shape index (κ1) is 21.0. The Morgan fingerprint density at radius 3 is 2.55 bits per heavy atom. The zero-order chi connectivity index (χ0) is 23.1. The number of para-hydroxylation sites is 1. The Morgan fingerprint density at radius 2 is 1.82 bits per heavy atom. The van der Waals surface area contributed by atoms with Crippen LogP contribution in [-0.4, -0.2) is 23.4 Å². The maximum Gasteiger partial charge on any atom is 0.272 e. The second-order valence-electron chi connectivity index (χ2n) is 7.98. The molecule has 0 fully saturated rings. The number of fused-ring (bicyclic) bond motifs is 2. The molecular formula is C26H22N2O4S. The van der Waals surface area contributed by atoms with Crippen LogP contribution >= 0.6 is 11.3 Å². The summed E-state index contributed by atoms with van der Waals surface area (Å²) in [6, 6.07) is 18.1. The van der Waals surface area contributed by atoms with Crippen molar-refractivity contribution in [2.75, 3.05) is 12.4 Å². The van der Waals surface area contributed by atoms with Gasteiger partial charge in [0.25, 0.3) is 5.91 Å². The Labute approximate surface area is 194 Å². The van der Waals surface area contributed by atoms with E-state index < -0.39 is 0 Å². The number of thiophene rings is 1. The number of benzene rings is 2. The Morgan fingerprint density at radius 1 is 1.06 bits per heavy atom. The van der Waals surface area contributed by atoms with Crippen LogP contribution in [0.3, 0.4) is 0 Å². The summed E-state index contributed by atoms with van der Waals surface area (Å²) in [6.45, 7) is 4.08. The molecular weight excluding hydrogens is 436 g/mol. The molecule has 0 spiro atoms. The predicted octanol–water partition coefficient (Wildman–Crippen LogP) is 6.52. The van der Waals surface area contributed by atoms with Gasteiger partial charge < -0.3 is 19.0 Å². The van der Waals surface area contributed by atoms with Crippen LogP contribution in [0.5, 0.6) is 5.75 Å². The number of rotatable bonds is 6. The van der Waals surface area contributed by atoms with Gasteiger partial charge in [0.15, 0.2) is 5.76 Å². The molecule has 166 valence electrons. The molecule has 2 aromatic carbocycles. The summed E-state index contributed by atoms with van der Waals surface area (Å²) in [7, 11) is 1.57. The Kier molecular flexibility index (Phi) is 5.26. The molecule has 0 aliphatic rings. The van der Waals surface area contributed by atoms with Crippen LogP contribution in [0.25, 0.3) is 21.2 Å². The smallest absolute Gasteiger partial charge is 0.272 e. The van der Waals surface area contributed by atoms with Gasteiger partial charge >= 0.3 is 0 Å². The minimum absolute atomic E-state index is 0.0965. The van der Waals surface area contributed by atoms with E-state index in [0.29, 0.717) is 33.7 Å². The van der Waals surface area contributed by atoms with E-state index in [0.717, 1.165) is 10.2 Å². The third-order valence-corrected chi connectivity index (χ3v) is 6.45. The Balaban J connectivity index is 1.58. The van der Waals surface area contributed by atoms with E-state index in [-0.39, 0.29) is 23.5 Å². The lowest BCUT2D eigenvalue weighted by Gasteiger charge is -2.14. The van der Waals surface area contributed by atoms with E-state index >= 15 is 0 Å². The topological polar surface area (TPSA) is 73.5 Å². The summed E-state index contributed by atoms with van der Waals surface area (Å²) in [4.78, 5) is 26.8. The second kappa shape index (κ2) is 8.26. The van der Waals surface area contributed by atoms with Crippen molar-refractivity contribution in [3.05, 3.63) is 83.1 Å². The average Bonchev–Trinajstić information content (AvgIpc) is 3.51. The molecule has 6 nitrogen and oxygen atoms in total. The van der Waals surface area contributed by atoms with Crippen LogP contribution in [0, 0.1) is 0 Å². The monoisotopic (exact) mass is 458 g/mol. The van der Waals surface area contributed by atoms with E-state index in [1.807, 2.05) is 54.1 Å². The molecule has 0 saturated heterocycles. The summed E-state index contributed by atoms with van der Waals surface area (Å²) in [5.41, 5.74) is 2.91. The van der Waals surface area contributed by atoms with Crippen molar-refractivity contribution in [2.45, 2.75) is 19.9 Å². The number of ether oxygens (including phenoxy) is 1. The highest BCUT2D eigenvalue weighted by Crippen LogP contribution is 2.34. The molecule has 0 atom stereocenters. The third kappa shape index (κ3) is 3.60. The number of hydrogen-bond donors (Lipinski definition) is 1. The number of hydrogen-bond acceptors (Lipinski definition) is 5. The van der Waals surface area contributed by atoms with Crippen molar-refractivity contribution in [2.24, 2.45) is 0 Å². The van der Waals surface area contributed by atoms with Gasteiger partial charge in [0, 0.05) is 17.0 Å². The summed E-state index contributed by atoms with van der Waals surface area (Å²) in [6.07, 6.45) is 0. The minimum Gasteiger partial charge on any atom is -0.497 e. The number of carbonyl (C=O) groups excluding carboxylic acids is 2. The molecule has 1 amide bonds. The van der Waals surface area contributed by atoms with Gasteiger partial charge in [-0.2, -0.15) is 0 Å².